The van der Waals surface area contributed by atoms with Crippen LogP contribution >= 0.6 is 0 Å². The van der Waals surface area contributed by atoms with E-state index in [2.05, 4.69) is 20.3 Å². The Kier molecular flexibility index (Phi) is 2.45. The fourth-order valence-corrected chi connectivity index (χ4v) is 1.68. The van der Waals surface area contributed by atoms with Gasteiger partial charge in [-0.25, -0.2) is 14.6 Å². The monoisotopic (exact) mass is 238 g/mol. The average molecular weight is 238 g/mol. The largest absolute Gasteiger partial charge is 0.384 e. The predicted molar refractivity (Wildman–Crippen MR) is 66.8 cm³/mol. The molecule has 2 N–H and O–H groups in total. The van der Waals surface area contributed by atoms with Gasteiger partial charge in [0.15, 0.2) is 0 Å². The molecule has 6 heteroatoms. The number of hydrogen-bond donors (Lipinski definition) is 1. The summed E-state index contributed by atoms with van der Waals surface area (Å²) in [6.07, 6.45) is 3.07. The summed E-state index contributed by atoms with van der Waals surface area (Å²) in [7, 11) is 0. The van der Waals surface area contributed by atoms with Crippen molar-refractivity contribution in [3.05, 3.63) is 48.9 Å². The number of hydrogen-bond acceptors (Lipinski definition) is 5. The second-order valence-electron chi connectivity index (χ2n) is 3.69. The lowest BCUT2D eigenvalue weighted by molar-refractivity contribution is 0.806. The molecule has 0 saturated heterocycles. The molecule has 2 heterocycles. The minimum absolute atomic E-state index is 0.417. The number of nitrogens with two attached hydrogens (primary N) is 1. The molecule has 0 saturated carbocycles. The number of nitrogens with zero attached hydrogens (tertiary/aromatic N) is 5. The van der Waals surface area contributed by atoms with Crippen LogP contribution < -0.4 is 5.73 Å². The molecule has 0 amide bonds. The zero-order valence-electron chi connectivity index (χ0n) is 9.43. The number of anilines is 1. The van der Waals surface area contributed by atoms with Crippen LogP contribution in [0.25, 0.3) is 17.1 Å². The van der Waals surface area contributed by atoms with Gasteiger partial charge >= 0.3 is 0 Å². The fourth-order valence-electron chi connectivity index (χ4n) is 1.68. The van der Waals surface area contributed by atoms with Crippen LogP contribution in [-0.2, 0) is 0 Å². The van der Waals surface area contributed by atoms with Gasteiger partial charge in [-0.1, -0.05) is 23.4 Å². The minimum atomic E-state index is 0.417. The molecule has 6 nitrogen and oxygen atoms in total. The summed E-state index contributed by atoms with van der Waals surface area (Å²) in [6.45, 7) is 0. The Balaban J connectivity index is 2.13. The molecule has 0 bridgehead atoms. The lowest BCUT2D eigenvalue weighted by Gasteiger charge is -2.05. The second kappa shape index (κ2) is 4.25. The molecule has 0 fully saturated rings. The summed E-state index contributed by atoms with van der Waals surface area (Å²) in [5, 5.41) is 7.97. The molecule has 18 heavy (non-hydrogen) atoms. The molecule has 3 aromatic rings. The van der Waals surface area contributed by atoms with E-state index in [-0.39, 0.29) is 0 Å². The molecule has 88 valence electrons. The van der Waals surface area contributed by atoms with Crippen LogP contribution in [0.4, 0.5) is 5.82 Å². The van der Waals surface area contributed by atoms with Crippen molar-refractivity contribution < 1.29 is 0 Å². The van der Waals surface area contributed by atoms with Crippen molar-refractivity contribution in [2.75, 3.05) is 5.73 Å². The first-order valence-corrected chi connectivity index (χ1v) is 5.38. The lowest BCUT2D eigenvalue weighted by atomic mass is 10.2. The van der Waals surface area contributed by atoms with E-state index < -0.39 is 0 Å². The zero-order valence-corrected chi connectivity index (χ0v) is 9.43. The predicted octanol–water partition coefficient (Wildman–Crippen LogP) is 1.31. The molecule has 0 radical (unpaired) electrons. The Hall–Kier alpha value is -2.76. The summed E-state index contributed by atoms with van der Waals surface area (Å²) in [6, 6.07) is 11.4. The number of benzene rings is 1. The van der Waals surface area contributed by atoms with E-state index in [1.54, 1.807) is 16.9 Å². The van der Waals surface area contributed by atoms with Gasteiger partial charge in [-0.3, -0.25) is 0 Å². The van der Waals surface area contributed by atoms with Crippen LogP contribution in [0.15, 0.2) is 48.9 Å². The molecule has 2 aromatic heterocycles. The molecule has 0 aliphatic carbocycles. The number of aromatic nitrogens is 5. The van der Waals surface area contributed by atoms with Crippen LogP contribution in [0.3, 0.4) is 0 Å². The van der Waals surface area contributed by atoms with Crippen molar-refractivity contribution in [2.45, 2.75) is 0 Å². The van der Waals surface area contributed by atoms with Gasteiger partial charge in [0.2, 0.25) is 0 Å². The molecule has 0 unspecified atom stereocenters. The van der Waals surface area contributed by atoms with Crippen LogP contribution in [0.2, 0.25) is 0 Å². The van der Waals surface area contributed by atoms with E-state index in [1.807, 2.05) is 30.3 Å². The maximum Gasteiger partial charge on any atom is 0.127 e. The standard InChI is InChI=1S/C12H10N6/c13-12-6-10(14-8-15-12)11-7-16-17-18(11)9-4-2-1-3-5-9/h1-8H,(H2,13,14,15). The van der Waals surface area contributed by atoms with Crippen LogP contribution in [0.5, 0.6) is 0 Å². The van der Waals surface area contributed by atoms with E-state index in [0.29, 0.717) is 11.5 Å². The third-order valence-electron chi connectivity index (χ3n) is 2.50. The van der Waals surface area contributed by atoms with Crippen molar-refractivity contribution in [3.8, 4) is 17.1 Å². The summed E-state index contributed by atoms with van der Waals surface area (Å²) in [4.78, 5) is 8.04. The van der Waals surface area contributed by atoms with Gasteiger partial charge in [0.05, 0.1) is 17.6 Å². The number of para-hydroxylation sites is 1. The van der Waals surface area contributed by atoms with Gasteiger partial charge in [-0.2, -0.15) is 0 Å². The van der Waals surface area contributed by atoms with Crippen molar-refractivity contribution in [2.24, 2.45) is 0 Å². The maximum atomic E-state index is 5.65. The topological polar surface area (TPSA) is 82.5 Å². The van der Waals surface area contributed by atoms with Crippen molar-refractivity contribution in [1.82, 2.24) is 25.0 Å². The van der Waals surface area contributed by atoms with E-state index in [4.69, 9.17) is 5.73 Å². The summed E-state index contributed by atoms with van der Waals surface area (Å²) in [5.41, 5.74) is 8.04. The van der Waals surface area contributed by atoms with Gasteiger partial charge in [0.1, 0.15) is 17.8 Å². The maximum absolute atomic E-state index is 5.65. The number of rotatable bonds is 2. The number of nitrogen functional groups attached to an aromatic ring is 1. The lowest BCUT2D eigenvalue weighted by Crippen LogP contribution is -2.01. The first-order valence-electron chi connectivity index (χ1n) is 5.38. The Labute approximate surface area is 103 Å². The van der Waals surface area contributed by atoms with E-state index >= 15 is 0 Å². The molecule has 0 spiro atoms. The molecule has 3 rings (SSSR count). The highest BCUT2D eigenvalue weighted by molar-refractivity contribution is 5.58. The van der Waals surface area contributed by atoms with E-state index in [9.17, 15) is 0 Å². The molecular weight excluding hydrogens is 228 g/mol. The van der Waals surface area contributed by atoms with Gasteiger partial charge < -0.3 is 5.73 Å². The highest BCUT2D eigenvalue weighted by Gasteiger charge is 2.09. The second-order valence-corrected chi connectivity index (χ2v) is 3.69. The van der Waals surface area contributed by atoms with Gasteiger partial charge in [-0.05, 0) is 12.1 Å². The zero-order chi connectivity index (χ0) is 12.4. The minimum Gasteiger partial charge on any atom is -0.384 e. The van der Waals surface area contributed by atoms with Crippen molar-refractivity contribution in [3.63, 3.8) is 0 Å². The first kappa shape index (κ1) is 10.4. The fraction of sp³-hybridized carbons (Fsp3) is 0. The third-order valence-corrected chi connectivity index (χ3v) is 2.50. The average Bonchev–Trinajstić information content (AvgIpc) is 2.89. The molecule has 1 aromatic carbocycles. The Morgan fingerprint density at radius 3 is 2.67 bits per heavy atom. The van der Waals surface area contributed by atoms with Crippen LogP contribution in [0, 0.1) is 0 Å². The van der Waals surface area contributed by atoms with Gasteiger partial charge in [0, 0.05) is 6.07 Å². The summed E-state index contributed by atoms with van der Waals surface area (Å²) < 4.78 is 1.71. The highest BCUT2D eigenvalue weighted by Crippen LogP contribution is 2.19. The third kappa shape index (κ3) is 1.80. The van der Waals surface area contributed by atoms with Crippen molar-refractivity contribution in [1.29, 1.82) is 0 Å². The van der Waals surface area contributed by atoms with Crippen molar-refractivity contribution >= 4 is 5.82 Å². The van der Waals surface area contributed by atoms with Gasteiger partial charge in [-0.15, -0.1) is 5.10 Å². The normalized spacial score (nSPS) is 10.4. The quantitative estimate of drug-likeness (QED) is 0.727. The van der Waals surface area contributed by atoms with Gasteiger partial charge in [0.25, 0.3) is 0 Å². The van der Waals surface area contributed by atoms with E-state index in [1.165, 1.54) is 6.33 Å². The molecule has 0 aliphatic heterocycles. The molecular formula is C12H10N6. The Morgan fingerprint density at radius 2 is 1.89 bits per heavy atom. The SMILES string of the molecule is Nc1cc(-c2cnnn2-c2ccccc2)ncn1. The highest BCUT2D eigenvalue weighted by atomic mass is 15.4. The Morgan fingerprint density at radius 1 is 1.06 bits per heavy atom. The summed E-state index contributed by atoms with van der Waals surface area (Å²) in [5.74, 6) is 0.417. The molecule has 0 atom stereocenters. The summed E-state index contributed by atoms with van der Waals surface area (Å²) >= 11 is 0. The first-order chi connectivity index (χ1) is 8.84. The van der Waals surface area contributed by atoms with Crippen LogP contribution in [-0.4, -0.2) is 25.0 Å². The molecule has 0 aliphatic rings. The smallest absolute Gasteiger partial charge is 0.127 e. The van der Waals surface area contributed by atoms with E-state index in [0.717, 1.165) is 11.4 Å². The Bertz CT molecular complexity index is 661. The van der Waals surface area contributed by atoms with Crippen LogP contribution in [0.1, 0.15) is 0 Å².